The molecule has 2 heterocycles. The first-order chi connectivity index (χ1) is 13.5. The quantitative estimate of drug-likeness (QED) is 0.751. The monoisotopic (exact) mass is 406 g/mol. The van der Waals surface area contributed by atoms with Gasteiger partial charge in [0.05, 0.1) is 5.69 Å². The van der Waals surface area contributed by atoms with Gasteiger partial charge in [-0.1, -0.05) is 17.9 Å². The number of likely N-dealkylation sites (tertiary alicyclic amines) is 1. The number of hydrogen-bond donors (Lipinski definition) is 2. The second-order valence-electron chi connectivity index (χ2n) is 6.49. The summed E-state index contributed by atoms with van der Waals surface area (Å²) < 4.78 is 40.2. The Balaban J connectivity index is 1.94. The van der Waals surface area contributed by atoms with Gasteiger partial charge in [-0.15, -0.1) is 0 Å². The van der Waals surface area contributed by atoms with Crippen LogP contribution in [0.1, 0.15) is 35.0 Å². The molecule has 10 heteroatoms. The van der Waals surface area contributed by atoms with Crippen molar-refractivity contribution in [3.63, 3.8) is 0 Å². The molecule has 0 aliphatic carbocycles. The zero-order chi connectivity index (χ0) is 21.4. The molecule has 0 spiro atoms. The highest BCUT2D eigenvalue weighted by Gasteiger charge is 2.43. The van der Waals surface area contributed by atoms with Crippen LogP contribution in [-0.4, -0.2) is 50.3 Å². The van der Waals surface area contributed by atoms with Crippen molar-refractivity contribution in [2.75, 3.05) is 13.1 Å². The highest BCUT2D eigenvalue weighted by molar-refractivity contribution is 5.92. The molecule has 3 N–H and O–H groups in total. The van der Waals surface area contributed by atoms with Gasteiger partial charge >= 0.3 is 6.18 Å². The number of amides is 2. The molecule has 0 radical (unpaired) electrons. The van der Waals surface area contributed by atoms with E-state index in [2.05, 4.69) is 16.9 Å². The SMILES string of the molecule is CCN1CCC(O)(C#Cc2cccc(-n3cc(C(F)(F)F)c(C(N)=O)n3)c2)C1=O. The summed E-state index contributed by atoms with van der Waals surface area (Å²) >= 11 is 0. The van der Waals surface area contributed by atoms with Gasteiger partial charge in [-0.25, -0.2) is 4.68 Å². The molecule has 1 aliphatic rings. The normalized spacial score (nSPS) is 19.2. The minimum Gasteiger partial charge on any atom is -0.369 e. The van der Waals surface area contributed by atoms with E-state index in [1.165, 1.54) is 23.1 Å². The Bertz CT molecular complexity index is 1040. The molecule has 2 aromatic rings. The molecule has 1 saturated heterocycles. The van der Waals surface area contributed by atoms with E-state index in [0.717, 1.165) is 4.68 Å². The number of carbonyl (C=O) groups is 2. The van der Waals surface area contributed by atoms with Crippen molar-refractivity contribution in [2.24, 2.45) is 5.73 Å². The van der Waals surface area contributed by atoms with Crippen LogP contribution in [0.25, 0.3) is 5.69 Å². The number of rotatable bonds is 3. The van der Waals surface area contributed by atoms with Crippen molar-refractivity contribution in [3.05, 3.63) is 47.3 Å². The van der Waals surface area contributed by atoms with Crippen LogP contribution < -0.4 is 5.73 Å². The van der Waals surface area contributed by atoms with Crippen molar-refractivity contribution in [1.82, 2.24) is 14.7 Å². The van der Waals surface area contributed by atoms with E-state index in [-0.39, 0.29) is 12.1 Å². The van der Waals surface area contributed by atoms with Crippen LogP contribution in [0.3, 0.4) is 0 Å². The summed E-state index contributed by atoms with van der Waals surface area (Å²) in [6.45, 7) is 2.64. The highest BCUT2D eigenvalue weighted by atomic mass is 19.4. The standard InChI is InChI=1S/C19H17F3N4O3/c1-2-25-9-8-18(29,17(25)28)7-6-12-4-3-5-13(10-12)26-11-14(19(20,21)22)15(24-26)16(23)27/h3-5,10-11,29H,2,8-9H2,1H3,(H2,23,27). The van der Waals surface area contributed by atoms with E-state index in [1.54, 1.807) is 13.0 Å². The van der Waals surface area contributed by atoms with Gasteiger partial charge in [0.25, 0.3) is 11.8 Å². The van der Waals surface area contributed by atoms with Crippen LogP contribution in [0, 0.1) is 11.8 Å². The minimum atomic E-state index is -4.79. The summed E-state index contributed by atoms with van der Waals surface area (Å²) in [6, 6.07) is 5.99. The molecule has 0 saturated carbocycles. The predicted octanol–water partition coefficient (Wildman–Crippen LogP) is 1.32. The van der Waals surface area contributed by atoms with Crippen molar-refractivity contribution < 1.29 is 27.9 Å². The van der Waals surface area contributed by atoms with Crippen LogP contribution in [0.5, 0.6) is 0 Å². The molecule has 7 nitrogen and oxygen atoms in total. The smallest absolute Gasteiger partial charge is 0.369 e. The van der Waals surface area contributed by atoms with E-state index in [1.807, 2.05) is 0 Å². The second-order valence-corrected chi connectivity index (χ2v) is 6.49. The van der Waals surface area contributed by atoms with E-state index >= 15 is 0 Å². The summed E-state index contributed by atoms with van der Waals surface area (Å²) in [5.41, 5.74) is 1.63. The lowest BCUT2D eigenvalue weighted by Gasteiger charge is -2.15. The van der Waals surface area contributed by atoms with Gasteiger partial charge in [0.2, 0.25) is 5.60 Å². The number of aromatic nitrogens is 2. The number of hydrogen-bond acceptors (Lipinski definition) is 4. The van der Waals surface area contributed by atoms with Gasteiger partial charge in [-0.2, -0.15) is 18.3 Å². The fourth-order valence-electron chi connectivity index (χ4n) is 2.98. The number of carbonyl (C=O) groups excluding carboxylic acids is 2. The number of alkyl halides is 3. The molecule has 1 unspecified atom stereocenters. The maximum absolute atomic E-state index is 13.1. The van der Waals surface area contributed by atoms with Gasteiger partial charge in [0.15, 0.2) is 5.69 Å². The predicted molar refractivity (Wildman–Crippen MR) is 95.8 cm³/mol. The van der Waals surface area contributed by atoms with E-state index in [9.17, 15) is 27.9 Å². The molecule has 1 fully saturated rings. The third-order valence-electron chi connectivity index (χ3n) is 4.54. The maximum Gasteiger partial charge on any atom is 0.420 e. The molecule has 2 amide bonds. The number of benzene rings is 1. The first-order valence-electron chi connectivity index (χ1n) is 8.67. The Morgan fingerprint density at radius 1 is 1.41 bits per heavy atom. The van der Waals surface area contributed by atoms with E-state index < -0.39 is 34.8 Å². The van der Waals surface area contributed by atoms with Crippen LogP contribution in [0.4, 0.5) is 13.2 Å². The van der Waals surface area contributed by atoms with Crippen LogP contribution in [0.2, 0.25) is 0 Å². The summed E-state index contributed by atoms with van der Waals surface area (Å²) in [4.78, 5) is 25.0. The Labute approximate surface area is 163 Å². The number of likely N-dealkylation sites (N-methyl/N-ethyl adjacent to an activating group) is 1. The Hall–Kier alpha value is -3.32. The molecule has 1 aromatic heterocycles. The Kier molecular flexibility index (Phi) is 5.11. The lowest BCUT2D eigenvalue weighted by molar-refractivity contribution is -0.138. The third kappa shape index (κ3) is 3.95. The van der Waals surface area contributed by atoms with E-state index in [0.29, 0.717) is 24.8 Å². The van der Waals surface area contributed by atoms with Crippen molar-refractivity contribution >= 4 is 11.8 Å². The van der Waals surface area contributed by atoms with Crippen LogP contribution >= 0.6 is 0 Å². The number of nitrogens with two attached hydrogens (primary N) is 1. The summed E-state index contributed by atoms with van der Waals surface area (Å²) in [7, 11) is 0. The minimum absolute atomic E-state index is 0.169. The average molecular weight is 406 g/mol. The van der Waals surface area contributed by atoms with Gasteiger partial charge in [0.1, 0.15) is 5.56 Å². The Morgan fingerprint density at radius 3 is 2.69 bits per heavy atom. The molecule has 152 valence electrons. The first kappa shape index (κ1) is 20.4. The molecular weight excluding hydrogens is 389 g/mol. The number of nitrogens with zero attached hydrogens (tertiary/aromatic N) is 3. The van der Waals surface area contributed by atoms with E-state index in [4.69, 9.17) is 5.73 Å². The molecule has 29 heavy (non-hydrogen) atoms. The van der Waals surface area contributed by atoms with Crippen molar-refractivity contribution in [1.29, 1.82) is 0 Å². The fourth-order valence-corrected chi connectivity index (χ4v) is 2.98. The van der Waals surface area contributed by atoms with Gasteiger partial charge in [0, 0.05) is 31.3 Å². The summed E-state index contributed by atoms with van der Waals surface area (Å²) in [5.74, 6) is 3.47. The van der Waals surface area contributed by atoms with Crippen molar-refractivity contribution in [3.8, 4) is 17.5 Å². The van der Waals surface area contributed by atoms with Crippen LogP contribution in [0.15, 0.2) is 30.5 Å². The van der Waals surface area contributed by atoms with Crippen molar-refractivity contribution in [2.45, 2.75) is 25.1 Å². The summed E-state index contributed by atoms with van der Waals surface area (Å²) in [6.07, 6.45) is -3.96. The Morgan fingerprint density at radius 2 is 2.14 bits per heavy atom. The average Bonchev–Trinajstić information content (AvgIpc) is 3.24. The first-order valence-corrected chi connectivity index (χ1v) is 8.67. The fraction of sp³-hybridized carbons (Fsp3) is 0.316. The number of primary amides is 1. The molecule has 1 aromatic carbocycles. The van der Waals surface area contributed by atoms with Gasteiger partial charge in [-0.05, 0) is 25.1 Å². The maximum atomic E-state index is 13.1. The second kappa shape index (κ2) is 7.25. The zero-order valence-corrected chi connectivity index (χ0v) is 15.3. The lowest BCUT2D eigenvalue weighted by atomic mass is 10.0. The molecule has 0 bridgehead atoms. The van der Waals surface area contributed by atoms with Crippen LogP contribution in [-0.2, 0) is 11.0 Å². The lowest BCUT2D eigenvalue weighted by Crippen LogP contribution is -2.38. The third-order valence-corrected chi connectivity index (χ3v) is 4.54. The number of aliphatic hydroxyl groups is 1. The molecule has 3 rings (SSSR count). The highest BCUT2D eigenvalue weighted by Crippen LogP contribution is 2.32. The molecular formula is C19H17F3N4O3. The topological polar surface area (TPSA) is 101 Å². The number of halogens is 3. The zero-order valence-electron chi connectivity index (χ0n) is 15.3. The largest absolute Gasteiger partial charge is 0.420 e. The molecule has 1 atom stereocenters. The summed E-state index contributed by atoms with van der Waals surface area (Å²) in [5, 5.41) is 14.1. The van der Waals surface area contributed by atoms with Gasteiger partial charge < -0.3 is 15.7 Å². The molecule has 1 aliphatic heterocycles. The van der Waals surface area contributed by atoms with Gasteiger partial charge in [-0.3, -0.25) is 9.59 Å².